The van der Waals surface area contributed by atoms with Gasteiger partial charge in [-0.1, -0.05) is 29.8 Å². The van der Waals surface area contributed by atoms with Gasteiger partial charge in [-0.2, -0.15) is 0 Å². The first-order valence-corrected chi connectivity index (χ1v) is 9.49. The van der Waals surface area contributed by atoms with E-state index in [4.69, 9.17) is 21.4 Å². The van der Waals surface area contributed by atoms with Gasteiger partial charge in [-0.25, -0.2) is 9.59 Å². The van der Waals surface area contributed by atoms with Gasteiger partial charge in [0.1, 0.15) is 6.61 Å². The molecule has 0 aliphatic carbocycles. The molecule has 0 saturated carbocycles. The van der Waals surface area contributed by atoms with Crippen LogP contribution in [-0.4, -0.2) is 36.4 Å². The number of para-hydroxylation sites is 1. The number of carboxylic acid groups (broad SMARTS) is 1. The second-order valence-corrected chi connectivity index (χ2v) is 7.28. The largest absolute Gasteiger partial charge is 0.465 e. The number of ether oxygens (including phenoxy) is 1. The molecular weight excluding hydrogens is 382 g/mol. The highest BCUT2D eigenvalue weighted by Crippen LogP contribution is 2.35. The van der Waals surface area contributed by atoms with Gasteiger partial charge < -0.3 is 14.7 Å². The molecule has 7 nitrogen and oxygen atoms in total. The molecule has 0 aromatic heterocycles. The maximum Gasteiger partial charge on any atom is 0.414 e. The standard InChI is InChI=1S/C20H20ClN3O4/c21-16-11-14(22-19(25)26)5-6-18(16)23-9-7-15(8-10-23)24-17-4-2-1-3-13(17)12-28-20(24)27/h1-6,11,15,22H,7-10,12H2,(H,25,26). The number of amides is 2. The summed E-state index contributed by atoms with van der Waals surface area (Å²) >= 11 is 6.36. The summed E-state index contributed by atoms with van der Waals surface area (Å²) in [6, 6.07) is 13.0. The molecule has 8 heteroatoms. The number of benzene rings is 2. The zero-order chi connectivity index (χ0) is 19.7. The number of anilines is 3. The van der Waals surface area contributed by atoms with E-state index in [9.17, 15) is 9.59 Å². The molecule has 0 unspecified atom stereocenters. The Hall–Kier alpha value is -2.93. The van der Waals surface area contributed by atoms with E-state index < -0.39 is 6.09 Å². The van der Waals surface area contributed by atoms with Crippen molar-refractivity contribution in [2.75, 3.05) is 28.2 Å². The van der Waals surface area contributed by atoms with Gasteiger partial charge in [-0.15, -0.1) is 0 Å². The van der Waals surface area contributed by atoms with E-state index in [1.165, 1.54) is 0 Å². The molecule has 2 aliphatic rings. The Labute approximate surface area is 167 Å². The molecule has 0 atom stereocenters. The Kier molecular flexibility index (Phi) is 5.00. The number of carbonyl (C=O) groups is 2. The fourth-order valence-electron chi connectivity index (χ4n) is 3.85. The summed E-state index contributed by atoms with van der Waals surface area (Å²) in [7, 11) is 0. The lowest BCUT2D eigenvalue weighted by Crippen LogP contribution is -2.49. The first-order chi connectivity index (χ1) is 13.5. The van der Waals surface area contributed by atoms with Gasteiger partial charge in [0.25, 0.3) is 0 Å². The lowest BCUT2D eigenvalue weighted by Gasteiger charge is -2.41. The van der Waals surface area contributed by atoms with Gasteiger partial charge in [0.05, 0.1) is 16.4 Å². The summed E-state index contributed by atoms with van der Waals surface area (Å²) < 4.78 is 5.34. The molecule has 1 fully saturated rings. The molecule has 2 heterocycles. The molecule has 2 amide bonds. The van der Waals surface area contributed by atoms with Crippen molar-refractivity contribution in [3.63, 3.8) is 0 Å². The SMILES string of the molecule is O=C(O)Nc1ccc(N2CCC(N3C(=O)OCc4ccccc43)CC2)c(Cl)c1. The van der Waals surface area contributed by atoms with Crippen molar-refractivity contribution in [3.8, 4) is 0 Å². The minimum absolute atomic E-state index is 0.0666. The topological polar surface area (TPSA) is 82.1 Å². The number of hydrogen-bond donors (Lipinski definition) is 2. The Morgan fingerprint density at radius 1 is 1.14 bits per heavy atom. The average Bonchev–Trinajstić information content (AvgIpc) is 2.68. The van der Waals surface area contributed by atoms with Gasteiger partial charge in [0.2, 0.25) is 0 Å². The predicted octanol–water partition coefficient (Wildman–Crippen LogP) is 4.56. The van der Waals surface area contributed by atoms with Crippen LogP contribution >= 0.6 is 11.6 Å². The van der Waals surface area contributed by atoms with Crippen molar-refractivity contribution in [2.45, 2.75) is 25.5 Å². The number of piperidine rings is 1. The molecule has 2 aromatic rings. The summed E-state index contributed by atoms with van der Waals surface area (Å²) in [4.78, 5) is 27.1. The smallest absolute Gasteiger partial charge is 0.414 e. The van der Waals surface area contributed by atoms with Crippen molar-refractivity contribution in [3.05, 3.63) is 53.1 Å². The molecule has 2 N–H and O–H groups in total. The maximum absolute atomic E-state index is 12.4. The Morgan fingerprint density at radius 2 is 1.89 bits per heavy atom. The number of halogens is 1. The first kappa shape index (κ1) is 18.4. The second-order valence-electron chi connectivity index (χ2n) is 6.87. The quantitative estimate of drug-likeness (QED) is 0.788. The van der Waals surface area contributed by atoms with Crippen LogP contribution < -0.4 is 15.1 Å². The first-order valence-electron chi connectivity index (χ1n) is 9.11. The fourth-order valence-corrected chi connectivity index (χ4v) is 4.15. The number of rotatable bonds is 3. The molecule has 146 valence electrons. The van der Waals surface area contributed by atoms with E-state index in [1.807, 2.05) is 30.3 Å². The van der Waals surface area contributed by atoms with E-state index in [0.29, 0.717) is 17.3 Å². The fraction of sp³-hybridized carbons (Fsp3) is 0.300. The van der Waals surface area contributed by atoms with E-state index in [0.717, 1.165) is 42.9 Å². The predicted molar refractivity (Wildman–Crippen MR) is 107 cm³/mol. The van der Waals surface area contributed by atoms with E-state index in [2.05, 4.69) is 10.2 Å². The molecule has 0 radical (unpaired) electrons. The number of carbonyl (C=O) groups excluding carboxylic acids is 1. The molecule has 0 bridgehead atoms. The number of fused-ring (bicyclic) bond motifs is 1. The Bertz CT molecular complexity index is 912. The van der Waals surface area contributed by atoms with Crippen LogP contribution in [0.1, 0.15) is 18.4 Å². The highest BCUT2D eigenvalue weighted by molar-refractivity contribution is 6.33. The summed E-state index contributed by atoms with van der Waals surface area (Å²) in [5.74, 6) is 0. The maximum atomic E-state index is 12.4. The third kappa shape index (κ3) is 3.57. The molecule has 2 aromatic carbocycles. The van der Waals surface area contributed by atoms with Crippen LogP contribution in [0, 0.1) is 0 Å². The van der Waals surface area contributed by atoms with E-state index in [-0.39, 0.29) is 12.1 Å². The highest BCUT2D eigenvalue weighted by Gasteiger charge is 2.34. The lowest BCUT2D eigenvalue weighted by atomic mass is 10.00. The van der Waals surface area contributed by atoms with Crippen LogP contribution in [0.15, 0.2) is 42.5 Å². The Balaban J connectivity index is 1.47. The van der Waals surface area contributed by atoms with E-state index >= 15 is 0 Å². The van der Waals surface area contributed by atoms with Gasteiger partial charge in [0, 0.05) is 30.4 Å². The molecule has 4 rings (SSSR count). The van der Waals surface area contributed by atoms with Crippen molar-refractivity contribution in [2.24, 2.45) is 0 Å². The van der Waals surface area contributed by atoms with Crippen LogP contribution in [0.5, 0.6) is 0 Å². The van der Waals surface area contributed by atoms with Crippen LogP contribution in [0.3, 0.4) is 0 Å². The minimum Gasteiger partial charge on any atom is -0.465 e. The third-order valence-corrected chi connectivity index (χ3v) is 5.47. The summed E-state index contributed by atoms with van der Waals surface area (Å²) in [5.41, 5.74) is 3.25. The summed E-state index contributed by atoms with van der Waals surface area (Å²) in [6.07, 6.45) is 0.154. The molecular formula is C20H20ClN3O4. The molecule has 28 heavy (non-hydrogen) atoms. The van der Waals surface area contributed by atoms with Crippen LogP contribution in [0.25, 0.3) is 0 Å². The van der Waals surface area contributed by atoms with Gasteiger partial charge in [-0.3, -0.25) is 10.2 Å². The van der Waals surface area contributed by atoms with Crippen LogP contribution in [0.2, 0.25) is 5.02 Å². The second kappa shape index (κ2) is 7.59. The summed E-state index contributed by atoms with van der Waals surface area (Å²) in [5, 5.41) is 11.6. The van der Waals surface area contributed by atoms with Gasteiger partial charge in [-0.05, 0) is 37.1 Å². The van der Waals surface area contributed by atoms with Crippen LogP contribution in [-0.2, 0) is 11.3 Å². The monoisotopic (exact) mass is 401 g/mol. The lowest BCUT2D eigenvalue weighted by molar-refractivity contribution is 0.137. The highest BCUT2D eigenvalue weighted by atomic mass is 35.5. The zero-order valence-electron chi connectivity index (χ0n) is 15.1. The number of nitrogens with one attached hydrogen (secondary N) is 1. The average molecular weight is 402 g/mol. The van der Waals surface area contributed by atoms with Gasteiger partial charge in [0.15, 0.2) is 0 Å². The number of nitrogens with zero attached hydrogens (tertiary/aromatic N) is 2. The van der Waals surface area contributed by atoms with Crippen molar-refractivity contribution in [1.82, 2.24) is 0 Å². The van der Waals surface area contributed by atoms with Crippen molar-refractivity contribution in [1.29, 1.82) is 0 Å². The zero-order valence-corrected chi connectivity index (χ0v) is 15.9. The van der Waals surface area contributed by atoms with Crippen molar-refractivity contribution < 1.29 is 19.4 Å². The normalized spacial score (nSPS) is 17.1. The van der Waals surface area contributed by atoms with Crippen LogP contribution in [0.4, 0.5) is 26.7 Å². The molecule has 0 spiro atoms. The van der Waals surface area contributed by atoms with Crippen molar-refractivity contribution >= 4 is 40.8 Å². The third-order valence-electron chi connectivity index (χ3n) is 5.17. The number of hydrogen-bond acceptors (Lipinski definition) is 4. The summed E-state index contributed by atoms with van der Waals surface area (Å²) in [6.45, 7) is 1.79. The number of cyclic esters (lactones) is 1. The Morgan fingerprint density at radius 3 is 2.61 bits per heavy atom. The van der Waals surface area contributed by atoms with Gasteiger partial charge >= 0.3 is 12.2 Å². The molecule has 2 aliphatic heterocycles. The van der Waals surface area contributed by atoms with E-state index in [1.54, 1.807) is 17.0 Å². The molecule has 1 saturated heterocycles. The minimum atomic E-state index is -1.13.